The van der Waals surface area contributed by atoms with Crippen molar-refractivity contribution in [1.29, 1.82) is 0 Å². The van der Waals surface area contributed by atoms with Gasteiger partial charge >= 0.3 is 5.97 Å². The smallest absolute Gasteiger partial charge is 0.308 e. The Labute approximate surface area is 183 Å². The maximum atomic E-state index is 11.4. The average molecular weight is 433 g/mol. The maximum Gasteiger partial charge on any atom is 0.308 e. The molecule has 6 nitrogen and oxygen atoms in total. The Morgan fingerprint density at radius 3 is 2.23 bits per heavy atom. The number of carboxylic acid groups (broad SMARTS) is 1. The van der Waals surface area contributed by atoms with Crippen LogP contribution in [0.1, 0.15) is 4.88 Å². The molecule has 0 bridgehead atoms. The van der Waals surface area contributed by atoms with E-state index in [0.717, 1.165) is 22.7 Å². The quantitative estimate of drug-likeness (QED) is 0.356. The first kappa shape index (κ1) is 20.4. The molecule has 0 aliphatic rings. The highest BCUT2D eigenvalue weighted by atomic mass is 32.1. The van der Waals surface area contributed by atoms with E-state index in [-0.39, 0.29) is 6.42 Å². The lowest BCUT2D eigenvalue weighted by molar-refractivity contribution is -0.136. The van der Waals surface area contributed by atoms with Crippen molar-refractivity contribution in [3.05, 3.63) is 83.7 Å². The van der Waals surface area contributed by atoms with E-state index in [2.05, 4.69) is 10.3 Å². The van der Waals surface area contributed by atoms with Crippen molar-refractivity contribution in [1.82, 2.24) is 4.98 Å². The molecule has 0 amide bonds. The van der Waals surface area contributed by atoms with E-state index in [1.165, 1.54) is 11.3 Å². The number of benzene rings is 3. The van der Waals surface area contributed by atoms with Crippen LogP contribution in [0, 0.1) is 0 Å². The monoisotopic (exact) mass is 432 g/mol. The number of nitrogens with one attached hydrogen (secondary N) is 1. The molecule has 3 aromatic carbocycles. The number of nitrogens with zero attached hydrogens (tertiary/aromatic N) is 1. The van der Waals surface area contributed by atoms with Crippen molar-refractivity contribution in [2.45, 2.75) is 6.42 Å². The van der Waals surface area contributed by atoms with Crippen molar-refractivity contribution < 1.29 is 19.4 Å². The Morgan fingerprint density at radius 2 is 1.58 bits per heavy atom. The number of anilines is 2. The van der Waals surface area contributed by atoms with E-state index in [0.29, 0.717) is 21.5 Å². The van der Waals surface area contributed by atoms with Crippen molar-refractivity contribution in [2.75, 3.05) is 12.4 Å². The zero-order valence-electron chi connectivity index (χ0n) is 16.7. The van der Waals surface area contributed by atoms with E-state index < -0.39 is 5.97 Å². The van der Waals surface area contributed by atoms with Gasteiger partial charge in [0.2, 0.25) is 0 Å². The largest absolute Gasteiger partial charge is 0.497 e. The normalized spacial score (nSPS) is 10.5. The SMILES string of the molecule is COc1ccc(Nc2nc(-c3ccc(Oc4ccccc4)cc3)c(CC(=O)O)s2)cc1. The molecule has 1 heterocycles. The van der Waals surface area contributed by atoms with Crippen LogP contribution in [0.5, 0.6) is 17.2 Å². The summed E-state index contributed by atoms with van der Waals surface area (Å²) in [7, 11) is 1.61. The summed E-state index contributed by atoms with van der Waals surface area (Å²) in [6.45, 7) is 0. The Bertz CT molecular complexity index is 1160. The van der Waals surface area contributed by atoms with Gasteiger partial charge in [0.25, 0.3) is 0 Å². The van der Waals surface area contributed by atoms with E-state index in [4.69, 9.17) is 9.47 Å². The van der Waals surface area contributed by atoms with Crippen LogP contribution in [0.4, 0.5) is 10.8 Å². The Kier molecular flexibility index (Phi) is 6.14. The van der Waals surface area contributed by atoms with Crippen LogP contribution in [0.15, 0.2) is 78.9 Å². The lowest BCUT2D eigenvalue weighted by atomic mass is 10.1. The highest BCUT2D eigenvalue weighted by molar-refractivity contribution is 7.16. The molecule has 156 valence electrons. The first-order chi connectivity index (χ1) is 15.1. The number of para-hydroxylation sites is 1. The van der Waals surface area contributed by atoms with Crippen LogP contribution in [0.2, 0.25) is 0 Å². The first-order valence-electron chi connectivity index (χ1n) is 9.56. The number of carboxylic acids is 1. The molecule has 0 unspecified atom stereocenters. The summed E-state index contributed by atoms with van der Waals surface area (Å²) in [4.78, 5) is 16.7. The van der Waals surface area contributed by atoms with Gasteiger partial charge in [-0.05, 0) is 60.7 Å². The fourth-order valence-corrected chi connectivity index (χ4v) is 3.99. The van der Waals surface area contributed by atoms with Crippen LogP contribution < -0.4 is 14.8 Å². The van der Waals surface area contributed by atoms with Gasteiger partial charge < -0.3 is 19.9 Å². The van der Waals surface area contributed by atoms with Gasteiger partial charge in [0.05, 0.1) is 19.2 Å². The van der Waals surface area contributed by atoms with Crippen LogP contribution >= 0.6 is 11.3 Å². The van der Waals surface area contributed by atoms with Gasteiger partial charge in [-0.3, -0.25) is 4.79 Å². The molecular weight excluding hydrogens is 412 g/mol. The van der Waals surface area contributed by atoms with Crippen LogP contribution in [0.25, 0.3) is 11.3 Å². The zero-order chi connectivity index (χ0) is 21.6. The molecule has 4 aromatic rings. The van der Waals surface area contributed by atoms with Crippen LogP contribution in [-0.4, -0.2) is 23.2 Å². The second-order valence-electron chi connectivity index (χ2n) is 6.65. The molecule has 0 aliphatic heterocycles. The Balaban J connectivity index is 1.57. The van der Waals surface area contributed by atoms with Crippen molar-refractivity contribution in [3.8, 4) is 28.5 Å². The molecule has 0 saturated heterocycles. The van der Waals surface area contributed by atoms with E-state index in [1.807, 2.05) is 78.9 Å². The van der Waals surface area contributed by atoms with E-state index in [9.17, 15) is 9.90 Å². The molecule has 31 heavy (non-hydrogen) atoms. The average Bonchev–Trinajstić information content (AvgIpc) is 3.17. The number of aliphatic carboxylic acids is 1. The lowest BCUT2D eigenvalue weighted by Gasteiger charge is -2.06. The third-order valence-electron chi connectivity index (χ3n) is 4.46. The van der Waals surface area contributed by atoms with Crippen molar-refractivity contribution in [2.24, 2.45) is 0 Å². The summed E-state index contributed by atoms with van der Waals surface area (Å²) in [5, 5.41) is 13.2. The molecule has 0 atom stereocenters. The van der Waals surface area contributed by atoms with Crippen LogP contribution in [0.3, 0.4) is 0 Å². The number of rotatable bonds is 8. The molecule has 7 heteroatoms. The molecule has 1 aromatic heterocycles. The summed E-state index contributed by atoms with van der Waals surface area (Å²) < 4.78 is 11.0. The van der Waals surface area contributed by atoms with Crippen molar-refractivity contribution >= 4 is 28.1 Å². The summed E-state index contributed by atoms with van der Waals surface area (Å²) in [5.41, 5.74) is 2.32. The van der Waals surface area contributed by atoms with Gasteiger partial charge in [-0.1, -0.05) is 18.2 Å². The van der Waals surface area contributed by atoms with Gasteiger partial charge in [0.15, 0.2) is 5.13 Å². The fraction of sp³-hybridized carbons (Fsp3) is 0.0833. The fourth-order valence-electron chi connectivity index (χ4n) is 2.99. The minimum atomic E-state index is -0.898. The third-order valence-corrected chi connectivity index (χ3v) is 5.43. The minimum absolute atomic E-state index is 0.0977. The number of hydrogen-bond donors (Lipinski definition) is 2. The second-order valence-corrected chi connectivity index (χ2v) is 7.74. The summed E-state index contributed by atoms with van der Waals surface area (Å²) in [5.74, 6) is 1.31. The predicted molar refractivity (Wildman–Crippen MR) is 122 cm³/mol. The van der Waals surface area contributed by atoms with Crippen molar-refractivity contribution in [3.63, 3.8) is 0 Å². The summed E-state index contributed by atoms with van der Waals surface area (Å²) in [6, 6.07) is 24.5. The highest BCUT2D eigenvalue weighted by Gasteiger charge is 2.16. The number of carbonyl (C=O) groups is 1. The minimum Gasteiger partial charge on any atom is -0.497 e. The standard InChI is InChI=1S/C24H20N2O4S/c1-29-18-13-9-17(10-14-18)25-24-26-23(21(31-24)15-22(27)28)16-7-11-20(12-8-16)30-19-5-3-2-4-6-19/h2-14H,15H2,1H3,(H,25,26)(H,27,28). The number of aromatic nitrogens is 1. The maximum absolute atomic E-state index is 11.4. The first-order valence-corrected chi connectivity index (χ1v) is 10.4. The second kappa shape index (κ2) is 9.32. The predicted octanol–water partition coefficient (Wildman–Crippen LogP) is 5.98. The molecule has 0 radical (unpaired) electrons. The molecule has 0 fully saturated rings. The highest BCUT2D eigenvalue weighted by Crippen LogP contribution is 2.34. The number of hydrogen-bond acceptors (Lipinski definition) is 6. The summed E-state index contributed by atoms with van der Waals surface area (Å²) >= 11 is 1.33. The summed E-state index contributed by atoms with van der Waals surface area (Å²) in [6.07, 6.45) is -0.0977. The number of ether oxygens (including phenoxy) is 2. The van der Waals surface area contributed by atoms with Gasteiger partial charge in [-0.2, -0.15) is 0 Å². The van der Waals surface area contributed by atoms with Gasteiger partial charge in [0.1, 0.15) is 17.2 Å². The molecule has 0 saturated carbocycles. The topological polar surface area (TPSA) is 80.7 Å². The molecule has 0 spiro atoms. The number of methoxy groups -OCH3 is 1. The van der Waals surface area contributed by atoms with Crippen LogP contribution in [-0.2, 0) is 11.2 Å². The van der Waals surface area contributed by atoms with E-state index in [1.54, 1.807) is 7.11 Å². The van der Waals surface area contributed by atoms with Gasteiger partial charge in [-0.25, -0.2) is 4.98 Å². The molecule has 4 rings (SSSR count). The lowest BCUT2D eigenvalue weighted by Crippen LogP contribution is -1.99. The molecule has 0 aliphatic carbocycles. The Morgan fingerprint density at radius 1 is 0.935 bits per heavy atom. The molecule has 2 N–H and O–H groups in total. The number of thiazole rings is 1. The third kappa shape index (κ3) is 5.21. The van der Waals surface area contributed by atoms with Gasteiger partial charge in [-0.15, -0.1) is 11.3 Å². The Hall–Kier alpha value is -3.84. The molecular formula is C24H20N2O4S. The van der Waals surface area contributed by atoms with E-state index >= 15 is 0 Å². The van der Waals surface area contributed by atoms with Gasteiger partial charge in [0, 0.05) is 16.1 Å². The zero-order valence-corrected chi connectivity index (χ0v) is 17.6.